The van der Waals surface area contributed by atoms with E-state index in [1.807, 2.05) is 0 Å². The highest BCUT2D eigenvalue weighted by molar-refractivity contribution is 6.39. The van der Waals surface area contributed by atoms with Crippen LogP contribution < -0.4 is 5.32 Å². The summed E-state index contributed by atoms with van der Waals surface area (Å²) in [7, 11) is 0. The Bertz CT molecular complexity index is 439. The minimum Gasteiger partial charge on any atom is -0.380 e. The quantitative estimate of drug-likeness (QED) is 0.659. The second kappa shape index (κ2) is 7.00. The predicted octanol–water partition coefficient (Wildman–Crippen LogP) is 6.15. The van der Waals surface area contributed by atoms with Crippen molar-refractivity contribution in [2.45, 2.75) is 52.0 Å². The van der Waals surface area contributed by atoms with Gasteiger partial charge < -0.3 is 5.32 Å². The first kappa shape index (κ1) is 15.9. The molecule has 1 aliphatic carbocycles. The van der Waals surface area contributed by atoms with Crippen molar-refractivity contribution in [2.75, 3.05) is 5.32 Å². The fourth-order valence-corrected chi connectivity index (χ4v) is 3.60. The topological polar surface area (TPSA) is 12.0 Å². The summed E-state index contributed by atoms with van der Waals surface area (Å²) in [4.78, 5) is 0. The molecule has 0 amide bonds. The molecule has 1 aliphatic rings. The number of hydrogen-bond donors (Lipinski definition) is 1. The first-order valence-electron chi connectivity index (χ1n) is 7.38. The zero-order chi connectivity index (χ0) is 14.7. The van der Waals surface area contributed by atoms with Crippen LogP contribution in [0.15, 0.2) is 12.1 Å². The van der Waals surface area contributed by atoms with Crippen LogP contribution in [0.2, 0.25) is 10.0 Å². The molecule has 20 heavy (non-hydrogen) atoms. The van der Waals surface area contributed by atoms with Crippen molar-refractivity contribution in [3.05, 3.63) is 28.0 Å². The van der Waals surface area contributed by atoms with Gasteiger partial charge in [-0.3, -0.25) is 0 Å². The number of nitrogens with one attached hydrogen (secondary N) is 1. The van der Waals surface area contributed by atoms with Crippen molar-refractivity contribution >= 4 is 28.9 Å². The zero-order valence-corrected chi connectivity index (χ0v) is 13.6. The van der Waals surface area contributed by atoms with Crippen molar-refractivity contribution in [1.29, 1.82) is 0 Å². The fraction of sp³-hybridized carbons (Fsp3) is 0.625. The standard InChI is InChI=1S/C16H22Cl2FN/c1-10(2)11-4-3-5-13(7-6-11)20-16-14(17)8-12(19)9-15(16)18/h8-11,13,20H,3-7H2,1-2H3. The van der Waals surface area contributed by atoms with E-state index in [1.54, 1.807) is 0 Å². The van der Waals surface area contributed by atoms with Crippen LogP contribution in [-0.2, 0) is 0 Å². The van der Waals surface area contributed by atoms with Gasteiger partial charge in [0.05, 0.1) is 15.7 Å². The maximum absolute atomic E-state index is 13.2. The molecule has 0 saturated heterocycles. The Hall–Kier alpha value is -0.470. The average molecular weight is 318 g/mol. The molecule has 1 nitrogen and oxygen atoms in total. The Morgan fingerprint density at radius 2 is 1.75 bits per heavy atom. The highest BCUT2D eigenvalue weighted by Gasteiger charge is 2.22. The van der Waals surface area contributed by atoms with Crippen LogP contribution in [0.25, 0.3) is 0 Å². The maximum atomic E-state index is 13.2. The van der Waals surface area contributed by atoms with Gasteiger partial charge in [-0.05, 0) is 43.2 Å². The molecule has 112 valence electrons. The van der Waals surface area contributed by atoms with Crippen LogP contribution >= 0.6 is 23.2 Å². The minimum atomic E-state index is -0.397. The lowest BCUT2D eigenvalue weighted by Gasteiger charge is -2.21. The number of hydrogen-bond acceptors (Lipinski definition) is 1. The van der Waals surface area contributed by atoms with Gasteiger partial charge in [0.2, 0.25) is 0 Å². The van der Waals surface area contributed by atoms with Gasteiger partial charge in [-0.1, -0.05) is 49.9 Å². The normalized spacial score (nSPS) is 23.7. The van der Waals surface area contributed by atoms with Gasteiger partial charge in [0.25, 0.3) is 0 Å². The Morgan fingerprint density at radius 3 is 2.35 bits per heavy atom. The maximum Gasteiger partial charge on any atom is 0.126 e. The van der Waals surface area contributed by atoms with Crippen LogP contribution in [0.5, 0.6) is 0 Å². The molecule has 4 heteroatoms. The Balaban J connectivity index is 2.04. The van der Waals surface area contributed by atoms with Gasteiger partial charge in [0.1, 0.15) is 5.82 Å². The third-order valence-electron chi connectivity index (χ3n) is 4.31. The first-order valence-corrected chi connectivity index (χ1v) is 8.14. The van der Waals surface area contributed by atoms with Crippen LogP contribution in [0.4, 0.5) is 10.1 Å². The summed E-state index contributed by atoms with van der Waals surface area (Å²) in [5.41, 5.74) is 0.669. The molecule has 0 spiro atoms. The molecule has 1 aromatic carbocycles. The fourth-order valence-electron chi connectivity index (χ4n) is 3.03. The number of anilines is 1. The van der Waals surface area contributed by atoms with Gasteiger partial charge in [0.15, 0.2) is 0 Å². The lowest BCUT2D eigenvalue weighted by Crippen LogP contribution is -2.19. The van der Waals surface area contributed by atoms with Gasteiger partial charge in [0, 0.05) is 6.04 Å². The lowest BCUT2D eigenvalue weighted by molar-refractivity contribution is 0.341. The SMILES string of the molecule is CC(C)C1CCCC(Nc2c(Cl)cc(F)cc2Cl)CC1. The van der Waals surface area contributed by atoms with E-state index in [4.69, 9.17) is 23.2 Å². The van der Waals surface area contributed by atoms with Crippen molar-refractivity contribution < 1.29 is 4.39 Å². The van der Waals surface area contributed by atoms with E-state index in [9.17, 15) is 4.39 Å². The molecule has 1 fully saturated rings. The van der Waals surface area contributed by atoms with Crippen molar-refractivity contribution in [3.63, 3.8) is 0 Å². The highest BCUT2D eigenvalue weighted by Crippen LogP contribution is 2.35. The third-order valence-corrected chi connectivity index (χ3v) is 4.91. The summed E-state index contributed by atoms with van der Waals surface area (Å²) < 4.78 is 13.2. The van der Waals surface area contributed by atoms with Gasteiger partial charge in [-0.25, -0.2) is 4.39 Å². The number of benzene rings is 1. The monoisotopic (exact) mass is 317 g/mol. The summed E-state index contributed by atoms with van der Waals surface area (Å²) in [5, 5.41) is 4.14. The third kappa shape index (κ3) is 4.02. The summed E-state index contributed by atoms with van der Waals surface area (Å²) in [6, 6.07) is 2.99. The molecule has 0 radical (unpaired) electrons. The van der Waals surface area contributed by atoms with Crippen LogP contribution in [0.1, 0.15) is 46.0 Å². The summed E-state index contributed by atoms with van der Waals surface area (Å²) >= 11 is 12.2. The predicted molar refractivity (Wildman–Crippen MR) is 85.2 cm³/mol. The average Bonchev–Trinajstić information content (AvgIpc) is 2.59. The number of halogens is 3. The van der Waals surface area contributed by atoms with E-state index in [1.165, 1.54) is 31.4 Å². The largest absolute Gasteiger partial charge is 0.380 e. The molecule has 1 N–H and O–H groups in total. The Morgan fingerprint density at radius 1 is 1.10 bits per heavy atom. The molecule has 0 bridgehead atoms. The van der Waals surface area contributed by atoms with E-state index in [2.05, 4.69) is 19.2 Å². The van der Waals surface area contributed by atoms with E-state index in [0.717, 1.165) is 24.7 Å². The van der Waals surface area contributed by atoms with Crippen LogP contribution in [0, 0.1) is 17.7 Å². The molecular formula is C16H22Cl2FN. The minimum absolute atomic E-state index is 0.361. The second-order valence-electron chi connectivity index (χ2n) is 6.10. The van der Waals surface area contributed by atoms with Crippen LogP contribution in [-0.4, -0.2) is 6.04 Å². The van der Waals surface area contributed by atoms with Crippen molar-refractivity contribution in [2.24, 2.45) is 11.8 Å². The first-order chi connectivity index (χ1) is 9.47. The highest BCUT2D eigenvalue weighted by atomic mass is 35.5. The Kier molecular flexibility index (Phi) is 5.57. The molecular weight excluding hydrogens is 296 g/mol. The number of rotatable bonds is 3. The zero-order valence-electron chi connectivity index (χ0n) is 12.1. The molecule has 0 aliphatic heterocycles. The van der Waals surface area contributed by atoms with E-state index >= 15 is 0 Å². The smallest absolute Gasteiger partial charge is 0.126 e. The second-order valence-corrected chi connectivity index (χ2v) is 6.91. The van der Waals surface area contributed by atoms with Gasteiger partial charge in [-0.15, -0.1) is 0 Å². The molecule has 2 rings (SSSR count). The van der Waals surface area contributed by atoms with E-state index in [-0.39, 0.29) is 0 Å². The van der Waals surface area contributed by atoms with E-state index in [0.29, 0.717) is 21.8 Å². The lowest BCUT2D eigenvalue weighted by atomic mass is 9.89. The van der Waals surface area contributed by atoms with E-state index < -0.39 is 5.82 Å². The molecule has 2 atom stereocenters. The molecule has 0 heterocycles. The molecule has 1 aromatic rings. The Labute approximate surface area is 130 Å². The molecule has 0 aromatic heterocycles. The van der Waals surface area contributed by atoms with Crippen molar-refractivity contribution in [1.82, 2.24) is 0 Å². The van der Waals surface area contributed by atoms with Crippen LogP contribution in [0.3, 0.4) is 0 Å². The van der Waals surface area contributed by atoms with Gasteiger partial charge >= 0.3 is 0 Å². The summed E-state index contributed by atoms with van der Waals surface area (Å²) in [6.45, 7) is 4.60. The summed E-state index contributed by atoms with van der Waals surface area (Å²) in [5.74, 6) is 1.15. The summed E-state index contributed by atoms with van der Waals surface area (Å²) in [6.07, 6.45) is 5.98. The van der Waals surface area contributed by atoms with Gasteiger partial charge in [-0.2, -0.15) is 0 Å². The molecule has 2 unspecified atom stereocenters. The molecule has 1 saturated carbocycles. The van der Waals surface area contributed by atoms with Crippen molar-refractivity contribution in [3.8, 4) is 0 Å².